The van der Waals surface area contributed by atoms with Crippen LogP contribution >= 0.6 is 0 Å². The van der Waals surface area contributed by atoms with E-state index in [1.165, 1.54) is 18.3 Å². The van der Waals surface area contributed by atoms with E-state index < -0.39 is 11.7 Å². The maximum absolute atomic E-state index is 13.0. The molecule has 0 aliphatic carbocycles. The highest BCUT2D eigenvalue weighted by molar-refractivity contribution is 5.63. The van der Waals surface area contributed by atoms with Gasteiger partial charge in [-0.2, -0.15) is 13.2 Å². The van der Waals surface area contributed by atoms with E-state index in [9.17, 15) is 13.2 Å². The van der Waals surface area contributed by atoms with Crippen LogP contribution in [-0.4, -0.2) is 9.97 Å². The fraction of sp³-hybridized carbons (Fsp3) is 0.111. The van der Waals surface area contributed by atoms with Crippen LogP contribution in [-0.2, 0) is 12.8 Å². The monoisotopic (exact) mass is 345 g/mol. The second-order valence-corrected chi connectivity index (χ2v) is 5.32. The van der Waals surface area contributed by atoms with E-state index in [1.807, 2.05) is 0 Å². The van der Waals surface area contributed by atoms with Crippen LogP contribution in [0.25, 0.3) is 11.1 Å². The molecule has 0 atom stereocenters. The summed E-state index contributed by atoms with van der Waals surface area (Å²) in [5.41, 5.74) is 6.42. The minimum absolute atomic E-state index is 0.0644. The zero-order chi connectivity index (χ0) is 17.9. The third kappa shape index (κ3) is 4.06. The predicted molar refractivity (Wildman–Crippen MR) is 87.7 cm³/mol. The van der Waals surface area contributed by atoms with E-state index >= 15 is 0 Å². The number of nitrogen functional groups attached to an aromatic ring is 1. The number of anilines is 1. The lowest BCUT2D eigenvalue weighted by molar-refractivity contribution is -0.138. The smallest absolute Gasteiger partial charge is 0.416 e. The molecule has 2 N–H and O–H groups in total. The summed E-state index contributed by atoms with van der Waals surface area (Å²) in [5.74, 6) is 0.763. The van der Waals surface area contributed by atoms with Gasteiger partial charge in [0.05, 0.1) is 11.8 Å². The SMILES string of the molecule is Nc1ccc(-c2cncc(OCc3ccccc3C(F)(F)F)c2)cn1. The van der Waals surface area contributed by atoms with Crippen LogP contribution in [0.1, 0.15) is 11.1 Å². The van der Waals surface area contributed by atoms with Gasteiger partial charge in [0.15, 0.2) is 0 Å². The van der Waals surface area contributed by atoms with Crippen molar-refractivity contribution in [2.75, 3.05) is 5.73 Å². The number of pyridine rings is 2. The van der Waals surface area contributed by atoms with Gasteiger partial charge >= 0.3 is 6.18 Å². The molecule has 25 heavy (non-hydrogen) atoms. The maximum atomic E-state index is 13.0. The second-order valence-electron chi connectivity index (χ2n) is 5.32. The highest BCUT2D eigenvalue weighted by atomic mass is 19.4. The van der Waals surface area contributed by atoms with Crippen molar-refractivity contribution in [2.24, 2.45) is 0 Å². The summed E-state index contributed by atoms with van der Waals surface area (Å²) in [4.78, 5) is 8.06. The number of ether oxygens (including phenoxy) is 1. The first-order chi connectivity index (χ1) is 11.9. The van der Waals surface area contributed by atoms with Crippen LogP contribution in [0.3, 0.4) is 0 Å². The first-order valence-corrected chi connectivity index (χ1v) is 7.38. The molecule has 3 rings (SSSR count). The molecule has 0 saturated carbocycles. The average molecular weight is 345 g/mol. The minimum Gasteiger partial charge on any atom is -0.487 e. The van der Waals surface area contributed by atoms with Crippen molar-refractivity contribution in [1.82, 2.24) is 9.97 Å². The van der Waals surface area contributed by atoms with Crippen molar-refractivity contribution in [3.05, 3.63) is 72.2 Å². The van der Waals surface area contributed by atoms with Crippen LogP contribution in [0.4, 0.5) is 19.0 Å². The zero-order valence-corrected chi connectivity index (χ0v) is 13.0. The van der Waals surface area contributed by atoms with Gasteiger partial charge in [0.1, 0.15) is 18.2 Å². The van der Waals surface area contributed by atoms with E-state index in [1.54, 1.807) is 36.7 Å². The van der Waals surface area contributed by atoms with Gasteiger partial charge in [0.25, 0.3) is 0 Å². The Kier molecular flexibility index (Phi) is 4.56. The number of nitrogens with two attached hydrogens (primary N) is 1. The Hall–Kier alpha value is -3.09. The highest BCUT2D eigenvalue weighted by Gasteiger charge is 2.32. The van der Waals surface area contributed by atoms with Gasteiger partial charge in [-0.15, -0.1) is 0 Å². The number of nitrogens with zero attached hydrogens (tertiary/aromatic N) is 2. The van der Waals surface area contributed by atoms with Crippen molar-refractivity contribution >= 4 is 5.82 Å². The molecule has 1 aromatic carbocycles. The maximum Gasteiger partial charge on any atom is 0.416 e. The summed E-state index contributed by atoms with van der Waals surface area (Å²) >= 11 is 0. The molecule has 0 aliphatic rings. The molecule has 0 fully saturated rings. The van der Waals surface area contributed by atoms with Crippen LogP contribution < -0.4 is 10.5 Å². The van der Waals surface area contributed by atoms with Crippen molar-refractivity contribution < 1.29 is 17.9 Å². The van der Waals surface area contributed by atoms with Crippen molar-refractivity contribution in [1.29, 1.82) is 0 Å². The molecule has 4 nitrogen and oxygen atoms in total. The highest BCUT2D eigenvalue weighted by Crippen LogP contribution is 2.32. The Bertz CT molecular complexity index is 864. The molecule has 0 saturated heterocycles. The molecule has 0 bridgehead atoms. The first-order valence-electron chi connectivity index (χ1n) is 7.38. The Morgan fingerprint density at radius 2 is 1.76 bits per heavy atom. The molecule has 7 heteroatoms. The fourth-order valence-corrected chi connectivity index (χ4v) is 2.32. The molecule has 0 radical (unpaired) electrons. The van der Waals surface area contributed by atoms with Crippen molar-refractivity contribution in [3.8, 4) is 16.9 Å². The molecule has 0 aliphatic heterocycles. The van der Waals surface area contributed by atoms with Crippen LogP contribution in [0.5, 0.6) is 5.75 Å². The van der Waals surface area contributed by atoms with Gasteiger partial charge in [-0.3, -0.25) is 4.98 Å². The van der Waals surface area contributed by atoms with Gasteiger partial charge < -0.3 is 10.5 Å². The van der Waals surface area contributed by atoms with E-state index in [-0.39, 0.29) is 12.2 Å². The first kappa shape index (κ1) is 16.8. The molecule has 128 valence electrons. The number of benzene rings is 1. The average Bonchev–Trinajstić information content (AvgIpc) is 2.60. The topological polar surface area (TPSA) is 61.0 Å². The summed E-state index contributed by atoms with van der Waals surface area (Å²) in [6.07, 6.45) is 0.235. The van der Waals surface area contributed by atoms with Gasteiger partial charge in [0.2, 0.25) is 0 Å². The molecular formula is C18H14F3N3O. The number of halogens is 3. The summed E-state index contributed by atoms with van der Waals surface area (Å²) < 4.78 is 44.5. The summed E-state index contributed by atoms with van der Waals surface area (Å²) in [5, 5.41) is 0. The van der Waals surface area contributed by atoms with Gasteiger partial charge in [-0.25, -0.2) is 4.98 Å². The fourth-order valence-electron chi connectivity index (χ4n) is 2.32. The van der Waals surface area contributed by atoms with Crippen LogP contribution in [0.2, 0.25) is 0 Å². The lowest BCUT2D eigenvalue weighted by Gasteiger charge is -2.13. The third-order valence-corrected chi connectivity index (χ3v) is 3.55. The molecule has 0 unspecified atom stereocenters. The number of alkyl halides is 3. The molecule has 2 heterocycles. The third-order valence-electron chi connectivity index (χ3n) is 3.55. The van der Waals surface area contributed by atoms with Crippen LogP contribution in [0.15, 0.2) is 61.1 Å². The zero-order valence-electron chi connectivity index (χ0n) is 13.0. The normalized spacial score (nSPS) is 11.3. The molecule has 2 aromatic heterocycles. The number of hydrogen-bond acceptors (Lipinski definition) is 4. The lowest BCUT2D eigenvalue weighted by Crippen LogP contribution is -2.10. The van der Waals surface area contributed by atoms with E-state index in [2.05, 4.69) is 9.97 Å². The van der Waals surface area contributed by atoms with Gasteiger partial charge in [0, 0.05) is 29.1 Å². The minimum atomic E-state index is -4.42. The standard InChI is InChI=1S/C18H14F3N3O/c19-18(20,21)16-4-2-1-3-13(16)11-25-15-7-14(8-23-10-15)12-5-6-17(22)24-9-12/h1-10H,11H2,(H2,22,24). The number of aromatic nitrogens is 2. The lowest BCUT2D eigenvalue weighted by atomic mass is 10.1. The van der Waals surface area contributed by atoms with Crippen LogP contribution in [0, 0.1) is 0 Å². The van der Waals surface area contributed by atoms with E-state index in [4.69, 9.17) is 10.5 Å². The van der Waals surface area contributed by atoms with E-state index in [0.717, 1.165) is 17.2 Å². The number of rotatable bonds is 4. The van der Waals surface area contributed by atoms with Gasteiger partial charge in [-0.1, -0.05) is 18.2 Å². The Balaban J connectivity index is 1.79. The quantitative estimate of drug-likeness (QED) is 0.765. The van der Waals surface area contributed by atoms with E-state index in [0.29, 0.717) is 11.6 Å². The number of hydrogen-bond donors (Lipinski definition) is 1. The van der Waals surface area contributed by atoms with Gasteiger partial charge in [-0.05, 0) is 24.3 Å². The van der Waals surface area contributed by atoms with Crippen molar-refractivity contribution in [3.63, 3.8) is 0 Å². The Morgan fingerprint density at radius 3 is 2.48 bits per heavy atom. The molecular weight excluding hydrogens is 331 g/mol. The molecule has 0 amide bonds. The molecule has 0 spiro atoms. The largest absolute Gasteiger partial charge is 0.487 e. The molecule has 3 aromatic rings. The summed E-state index contributed by atoms with van der Waals surface area (Å²) in [6, 6.07) is 10.4. The summed E-state index contributed by atoms with van der Waals surface area (Å²) in [7, 11) is 0. The Labute approximate surface area is 142 Å². The second kappa shape index (κ2) is 6.80. The Morgan fingerprint density at radius 1 is 0.960 bits per heavy atom. The van der Waals surface area contributed by atoms with Crippen molar-refractivity contribution in [2.45, 2.75) is 12.8 Å². The summed E-state index contributed by atoms with van der Waals surface area (Å²) in [6.45, 7) is -0.208. The predicted octanol–water partition coefficient (Wildman–Crippen LogP) is 4.32.